The van der Waals surface area contributed by atoms with E-state index in [0.717, 1.165) is 6.07 Å². The molecule has 19 heavy (non-hydrogen) atoms. The molecule has 1 aromatic carbocycles. The average molecular weight is 281 g/mol. The molecular weight excluding hydrogens is 269 g/mol. The molecule has 2 aromatic rings. The number of phenols is 1. The average Bonchev–Trinajstić information content (AvgIpc) is 2.76. The van der Waals surface area contributed by atoms with Crippen LogP contribution in [0.4, 0.5) is 4.39 Å². The highest BCUT2D eigenvalue weighted by atomic mass is 32.1. The van der Waals surface area contributed by atoms with Gasteiger partial charge in [0.15, 0.2) is 0 Å². The van der Waals surface area contributed by atoms with Crippen molar-refractivity contribution in [2.75, 3.05) is 0 Å². The zero-order valence-corrected chi connectivity index (χ0v) is 11.2. The molecule has 0 saturated heterocycles. The zero-order valence-electron chi connectivity index (χ0n) is 10.3. The van der Waals surface area contributed by atoms with Gasteiger partial charge in [0, 0.05) is 17.0 Å². The van der Waals surface area contributed by atoms with E-state index in [2.05, 4.69) is 4.98 Å². The van der Waals surface area contributed by atoms with E-state index in [0.29, 0.717) is 16.3 Å². The van der Waals surface area contributed by atoms with Crippen LogP contribution in [0.2, 0.25) is 0 Å². The minimum absolute atomic E-state index is 0.191. The van der Waals surface area contributed by atoms with Crippen molar-refractivity contribution in [2.45, 2.75) is 19.3 Å². The maximum Gasteiger partial charge on any atom is 0.315 e. The summed E-state index contributed by atoms with van der Waals surface area (Å²) in [6, 6.07) is 3.63. The Morgan fingerprint density at radius 1 is 1.37 bits per heavy atom. The van der Waals surface area contributed by atoms with Gasteiger partial charge >= 0.3 is 5.97 Å². The van der Waals surface area contributed by atoms with Gasteiger partial charge < -0.3 is 10.2 Å². The normalized spacial score (nSPS) is 11.5. The summed E-state index contributed by atoms with van der Waals surface area (Å²) in [5.74, 6) is -1.74. The van der Waals surface area contributed by atoms with Gasteiger partial charge in [0.05, 0.1) is 5.69 Å². The Balaban J connectivity index is 2.44. The number of halogens is 1. The topological polar surface area (TPSA) is 70.4 Å². The number of rotatable bonds is 3. The monoisotopic (exact) mass is 281 g/mol. The van der Waals surface area contributed by atoms with Crippen LogP contribution < -0.4 is 0 Å². The molecule has 100 valence electrons. The number of nitrogens with zero attached hydrogens (tertiary/aromatic N) is 1. The number of carbonyl (C=O) groups is 1. The van der Waals surface area contributed by atoms with Crippen LogP contribution in [-0.4, -0.2) is 21.2 Å². The fraction of sp³-hybridized carbons (Fsp3) is 0.231. The van der Waals surface area contributed by atoms with E-state index in [9.17, 15) is 14.3 Å². The van der Waals surface area contributed by atoms with Crippen molar-refractivity contribution in [3.63, 3.8) is 0 Å². The highest BCUT2D eigenvalue weighted by Crippen LogP contribution is 2.32. The van der Waals surface area contributed by atoms with Gasteiger partial charge in [0.1, 0.15) is 22.0 Å². The van der Waals surface area contributed by atoms with Crippen LogP contribution >= 0.6 is 11.3 Å². The molecule has 0 spiro atoms. The summed E-state index contributed by atoms with van der Waals surface area (Å²) in [6.07, 6.45) is 0. The van der Waals surface area contributed by atoms with E-state index in [-0.39, 0.29) is 5.75 Å². The van der Waals surface area contributed by atoms with Crippen molar-refractivity contribution in [3.8, 4) is 16.3 Å². The first-order valence-corrected chi connectivity index (χ1v) is 6.38. The van der Waals surface area contributed by atoms with Crippen LogP contribution in [-0.2, 0) is 10.2 Å². The summed E-state index contributed by atoms with van der Waals surface area (Å²) in [4.78, 5) is 15.4. The smallest absolute Gasteiger partial charge is 0.315 e. The Labute approximate surface area is 113 Å². The van der Waals surface area contributed by atoms with E-state index in [1.165, 1.54) is 23.5 Å². The van der Waals surface area contributed by atoms with E-state index >= 15 is 0 Å². The first kappa shape index (κ1) is 13.5. The molecule has 0 unspecified atom stereocenters. The number of aromatic nitrogens is 1. The minimum atomic E-state index is -1.11. The third kappa shape index (κ3) is 2.58. The zero-order chi connectivity index (χ0) is 14.2. The van der Waals surface area contributed by atoms with Crippen LogP contribution in [0.5, 0.6) is 5.75 Å². The summed E-state index contributed by atoms with van der Waals surface area (Å²) >= 11 is 1.21. The standard InChI is InChI=1S/C13H12FNO3S/c1-13(2,12(17)18)10-6-19-11(15-10)7-3-8(14)5-9(16)4-7/h3-6,16H,1-2H3,(H,17,18). The van der Waals surface area contributed by atoms with Crippen molar-refractivity contribution in [3.05, 3.63) is 35.1 Å². The number of aliphatic carboxylic acids is 1. The molecule has 6 heteroatoms. The largest absolute Gasteiger partial charge is 0.508 e. The van der Waals surface area contributed by atoms with Gasteiger partial charge in [0.25, 0.3) is 0 Å². The molecule has 0 bridgehead atoms. The summed E-state index contributed by atoms with van der Waals surface area (Å²) in [5, 5.41) is 20.6. The lowest BCUT2D eigenvalue weighted by Crippen LogP contribution is -2.28. The van der Waals surface area contributed by atoms with E-state index in [4.69, 9.17) is 5.11 Å². The van der Waals surface area contributed by atoms with Crippen molar-refractivity contribution in [1.29, 1.82) is 0 Å². The van der Waals surface area contributed by atoms with Gasteiger partial charge in [0.2, 0.25) is 0 Å². The number of hydrogen-bond donors (Lipinski definition) is 2. The second-order valence-electron chi connectivity index (χ2n) is 4.67. The van der Waals surface area contributed by atoms with E-state index in [1.807, 2.05) is 0 Å². The molecule has 1 heterocycles. The van der Waals surface area contributed by atoms with Gasteiger partial charge in [-0.05, 0) is 26.0 Å². The maximum absolute atomic E-state index is 13.2. The molecule has 1 aromatic heterocycles. The molecule has 0 saturated carbocycles. The second-order valence-corrected chi connectivity index (χ2v) is 5.52. The Morgan fingerprint density at radius 2 is 2.05 bits per heavy atom. The molecule has 2 N–H and O–H groups in total. The molecule has 0 atom stereocenters. The van der Waals surface area contributed by atoms with Crippen LogP contribution in [0.1, 0.15) is 19.5 Å². The molecule has 0 radical (unpaired) electrons. The fourth-order valence-electron chi connectivity index (χ4n) is 1.50. The molecule has 0 fully saturated rings. The summed E-state index contributed by atoms with van der Waals surface area (Å²) in [6.45, 7) is 3.11. The van der Waals surface area contributed by atoms with Gasteiger partial charge in [-0.3, -0.25) is 4.79 Å². The molecule has 0 amide bonds. The van der Waals surface area contributed by atoms with Crippen molar-refractivity contribution >= 4 is 17.3 Å². The van der Waals surface area contributed by atoms with Crippen LogP contribution in [0.15, 0.2) is 23.6 Å². The van der Waals surface area contributed by atoms with Gasteiger partial charge in [-0.1, -0.05) is 0 Å². The number of benzene rings is 1. The third-order valence-electron chi connectivity index (χ3n) is 2.81. The second kappa shape index (κ2) is 4.62. The van der Waals surface area contributed by atoms with Crippen LogP contribution in [0, 0.1) is 5.82 Å². The number of carboxylic acid groups (broad SMARTS) is 1. The molecule has 0 aliphatic rings. The Hall–Kier alpha value is -1.95. The number of aromatic hydroxyl groups is 1. The minimum Gasteiger partial charge on any atom is -0.508 e. The number of thiazole rings is 1. The molecule has 4 nitrogen and oxygen atoms in total. The Bertz CT molecular complexity index is 616. The first-order valence-electron chi connectivity index (χ1n) is 5.50. The Kier molecular flexibility index (Phi) is 3.28. The highest BCUT2D eigenvalue weighted by Gasteiger charge is 2.32. The lowest BCUT2D eigenvalue weighted by molar-refractivity contribution is -0.142. The summed E-state index contributed by atoms with van der Waals surface area (Å²) in [7, 11) is 0. The van der Waals surface area contributed by atoms with Crippen molar-refractivity contribution < 1.29 is 19.4 Å². The van der Waals surface area contributed by atoms with E-state index < -0.39 is 17.2 Å². The third-order valence-corrected chi connectivity index (χ3v) is 3.70. The van der Waals surface area contributed by atoms with Crippen molar-refractivity contribution in [2.24, 2.45) is 0 Å². The highest BCUT2D eigenvalue weighted by molar-refractivity contribution is 7.13. The quantitative estimate of drug-likeness (QED) is 0.907. The Morgan fingerprint density at radius 3 is 2.63 bits per heavy atom. The van der Waals surface area contributed by atoms with Gasteiger partial charge in [-0.15, -0.1) is 11.3 Å². The predicted octanol–water partition coefficient (Wildman–Crippen LogP) is 3.02. The lowest BCUT2D eigenvalue weighted by Gasteiger charge is -2.15. The molecule has 0 aliphatic carbocycles. The number of carboxylic acids is 1. The number of phenolic OH excluding ortho intramolecular Hbond substituents is 1. The SMILES string of the molecule is CC(C)(C(=O)O)c1csc(-c2cc(O)cc(F)c2)n1. The molecule has 2 rings (SSSR count). The predicted molar refractivity (Wildman–Crippen MR) is 69.8 cm³/mol. The van der Waals surface area contributed by atoms with Crippen LogP contribution in [0.25, 0.3) is 10.6 Å². The first-order chi connectivity index (χ1) is 8.80. The molecular formula is C13H12FNO3S. The van der Waals surface area contributed by atoms with Gasteiger partial charge in [-0.25, -0.2) is 9.37 Å². The fourth-order valence-corrected chi connectivity index (χ4v) is 2.48. The summed E-state index contributed by atoms with van der Waals surface area (Å²) in [5.41, 5.74) is -0.275. The van der Waals surface area contributed by atoms with Gasteiger partial charge in [-0.2, -0.15) is 0 Å². The summed E-state index contributed by atoms with van der Waals surface area (Å²) < 4.78 is 13.2. The molecule has 0 aliphatic heterocycles. The number of hydrogen-bond acceptors (Lipinski definition) is 4. The van der Waals surface area contributed by atoms with Crippen LogP contribution in [0.3, 0.4) is 0 Å². The van der Waals surface area contributed by atoms with E-state index in [1.54, 1.807) is 19.2 Å². The maximum atomic E-state index is 13.2. The lowest BCUT2D eigenvalue weighted by atomic mass is 9.90. The van der Waals surface area contributed by atoms with Crippen molar-refractivity contribution in [1.82, 2.24) is 4.98 Å².